The molecule has 0 spiro atoms. The highest BCUT2D eigenvalue weighted by atomic mass is 16.3. The Morgan fingerprint density at radius 1 is 1.02 bits per heavy atom. The van der Waals surface area contributed by atoms with E-state index < -0.39 is 5.54 Å². The molecule has 2 amide bonds. The second-order valence-corrected chi connectivity index (χ2v) is 13.6. The predicted octanol–water partition coefficient (Wildman–Crippen LogP) is 6.40. The van der Waals surface area contributed by atoms with Gasteiger partial charge in [0.2, 0.25) is 11.8 Å². The van der Waals surface area contributed by atoms with Gasteiger partial charge in [0.05, 0.1) is 12.8 Å². The van der Waals surface area contributed by atoms with E-state index in [0.29, 0.717) is 25.0 Å². The number of nitrogens with one attached hydrogen (secondary N) is 2. The number of carbonyl (C=O) groups is 2. The first-order chi connectivity index (χ1) is 21.0. The molecule has 6 rings (SSSR count). The third-order valence-electron chi connectivity index (χ3n) is 10.3. The van der Waals surface area contributed by atoms with Gasteiger partial charge >= 0.3 is 0 Å². The maximum absolute atomic E-state index is 14.6. The minimum absolute atomic E-state index is 0.00197. The highest BCUT2D eigenvalue weighted by molar-refractivity contribution is 6.01. The molecule has 0 radical (unpaired) electrons. The van der Waals surface area contributed by atoms with Gasteiger partial charge in [-0.1, -0.05) is 32.0 Å². The van der Waals surface area contributed by atoms with Crippen LogP contribution in [-0.4, -0.2) is 66.4 Å². The summed E-state index contributed by atoms with van der Waals surface area (Å²) in [5, 5.41) is 4.42. The number of H-pyrrole nitrogens is 1. The largest absolute Gasteiger partial charge is 0.467 e. The van der Waals surface area contributed by atoms with E-state index in [1.807, 2.05) is 60.3 Å². The van der Waals surface area contributed by atoms with Crippen LogP contribution in [0.5, 0.6) is 0 Å². The van der Waals surface area contributed by atoms with E-state index in [4.69, 9.17) is 4.42 Å². The number of hydrogen-bond donors (Lipinski definition) is 2. The summed E-state index contributed by atoms with van der Waals surface area (Å²) in [6.45, 7) is 8.37. The Hall–Kier alpha value is -4.04. The van der Waals surface area contributed by atoms with E-state index in [0.717, 1.165) is 35.7 Å². The summed E-state index contributed by atoms with van der Waals surface area (Å²) in [7, 11) is 6.05. The minimum atomic E-state index is -0.998. The zero-order valence-electron chi connectivity index (χ0n) is 26.8. The molecular formula is C36H45N5O3. The Balaban J connectivity index is 1.31. The first-order valence-corrected chi connectivity index (χ1v) is 15.7. The number of carbonyl (C=O) groups excluding carboxylic acids is 2. The third-order valence-corrected chi connectivity index (χ3v) is 10.3. The van der Waals surface area contributed by atoms with Crippen molar-refractivity contribution < 1.29 is 14.0 Å². The van der Waals surface area contributed by atoms with E-state index in [2.05, 4.69) is 67.3 Å². The van der Waals surface area contributed by atoms with Crippen LogP contribution in [0.3, 0.4) is 0 Å². The van der Waals surface area contributed by atoms with Crippen LogP contribution in [0.15, 0.2) is 71.3 Å². The van der Waals surface area contributed by atoms with Crippen LogP contribution in [0.4, 0.5) is 11.4 Å². The molecule has 8 heteroatoms. The molecule has 232 valence electrons. The third kappa shape index (κ3) is 5.40. The lowest BCUT2D eigenvalue weighted by molar-refractivity contribution is -0.150. The van der Waals surface area contributed by atoms with Gasteiger partial charge in [-0.3, -0.25) is 9.59 Å². The number of piperidine rings is 1. The van der Waals surface area contributed by atoms with Crippen molar-refractivity contribution in [3.05, 3.63) is 83.9 Å². The Morgan fingerprint density at radius 3 is 2.39 bits per heavy atom. The SMILES string of the molecule is Cc1[nH]c2ccccc2c1[C@H]1[C@H](CC(=O)N(Cc2ccco2)C2(C(=O)Nc3ccc(N(C)C)cc3)CCN(C)CC2)C1(C)C. The summed E-state index contributed by atoms with van der Waals surface area (Å²) in [6, 6.07) is 20.0. The van der Waals surface area contributed by atoms with E-state index in [-0.39, 0.29) is 35.6 Å². The molecule has 2 atom stereocenters. The number of likely N-dealkylation sites (tertiary alicyclic amines) is 1. The molecule has 2 aliphatic rings. The number of fused-ring (bicyclic) bond motifs is 1. The van der Waals surface area contributed by atoms with Gasteiger partial charge in [-0.2, -0.15) is 0 Å². The summed E-state index contributed by atoms with van der Waals surface area (Å²) in [5.74, 6) is 0.964. The van der Waals surface area contributed by atoms with Gasteiger partial charge in [-0.05, 0) is 92.1 Å². The second kappa shape index (κ2) is 11.5. The first-order valence-electron chi connectivity index (χ1n) is 15.7. The highest BCUT2D eigenvalue weighted by Gasteiger charge is 2.60. The van der Waals surface area contributed by atoms with Crippen LogP contribution in [0.1, 0.15) is 56.0 Å². The molecule has 0 unspecified atom stereocenters. The summed E-state index contributed by atoms with van der Waals surface area (Å²) in [4.78, 5) is 38.7. The van der Waals surface area contributed by atoms with Crippen molar-refractivity contribution in [1.82, 2.24) is 14.8 Å². The second-order valence-electron chi connectivity index (χ2n) is 13.6. The zero-order valence-corrected chi connectivity index (χ0v) is 26.8. The smallest absolute Gasteiger partial charge is 0.250 e. The van der Waals surface area contributed by atoms with Gasteiger partial charge in [0.1, 0.15) is 11.3 Å². The molecule has 2 fully saturated rings. The summed E-state index contributed by atoms with van der Waals surface area (Å²) < 4.78 is 5.77. The van der Waals surface area contributed by atoms with E-state index in [9.17, 15) is 9.59 Å². The Kier molecular flexibility index (Phi) is 7.82. The fraction of sp³-hybridized carbons (Fsp3) is 0.444. The predicted molar refractivity (Wildman–Crippen MR) is 176 cm³/mol. The minimum Gasteiger partial charge on any atom is -0.467 e. The molecule has 8 nitrogen and oxygen atoms in total. The van der Waals surface area contributed by atoms with Gasteiger partial charge in [-0.15, -0.1) is 0 Å². The fourth-order valence-corrected chi connectivity index (χ4v) is 7.43. The first kappa shape index (κ1) is 30.0. The topological polar surface area (TPSA) is 84.8 Å². The standard InChI is InChI=1S/C36H45N5O3/c1-24-32(28-11-7-8-12-30(28)37-24)33-29(35(33,2)3)22-31(42)41(23-27-10-9-21-44-27)36(17-19-40(6)20-18-36)34(43)38-25-13-15-26(16-14-25)39(4)5/h7-16,21,29,33,37H,17-20,22-23H2,1-6H3,(H,38,43)/t29-,33+/m0/s1. The number of aromatic amines is 1. The van der Waals surface area contributed by atoms with Crippen molar-refractivity contribution in [3.63, 3.8) is 0 Å². The van der Waals surface area contributed by atoms with Crippen LogP contribution in [0.2, 0.25) is 0 Å². The molecule has 1 saturated heterocycles. The van der Waals surface area contributed by atoms with E-state index in [1.54, 1.807) is 6.26 Å². The molecular weight excluding hydrogens is 550 g/mol. The quantitative estimate of drug-likeness (QED) is 0.234. The van der Waals surface area contributed by atoms with Gasteiger partial charge in [-0.25, -0.2) is 0 Å². The van der Waals surface area contributed by atoms with Crippen LogP contribution < -0.4 is 10.2 Å². The summed E-state index contributed by atoms with van der Waals surface area (Å²) in [6.07, 6.45) is 3.11. The number of rotatable bonds is 9. The van der Waals surface area contributed by atoms with Crippen LogP contribution in [0.25, 0.3) is 10.9 Å². The van der Waals surface area contributed by atoms with Gasteiger partial charge < -0.3 is 29.4 Å². The molecule has 2 aromatic heterocycles. The number of anilines is 2. The van der Waals surface area contributed by atoms with E-state index >= 15 is 0 Å². The molecule has 2 N–H and O–H groups in total. The monoisotopic (exact) mass is 595 g/mol. The number of nitrogens with zero attached hydrogens (tertiary/aromatic N) is 3. The lowest BCUT2D eigenvalue weighted by atomic mass is 9.83. The Bertz CT molecular complexity index is 1630. The Morgan fingerprint density at radius 2 is 1.73 bits per heavy atom. The maximum atomic E-state index is 14.6. The molecule has 1 aliphatic carbocycles. The number of hydrogen-bond acceptors (Lipinski definition) is 5. The van der Waals surface area contributed by atoms with Gasteiger partial charge in [0.25, 0.3) is 0 Å². The summed E-state index contributed by atoms with van der Waals surface area (Å²) >= 11 is 0. The molecule has 2 aromatic carbocycles. The highest BCUT2D eigenvalue weighted by Crippen LogP contribution is 2.67. The summed E-state index contributed by atoms with van der Waals surface area (Å²) in [5.41, 5.74) is 4.35. The lowest BCUT2D eigenvalue weighted by Gasteiger charge is -2.46. The van der Waals surface area contributed by atoms with Crippen molar-refractivity contribution >= 4 is 34.1 Å². The van der Waals surface area contributed by atoms with Crippen molar-refractivity contribution in [2.24, 2.45) is 11.3 Å². The molecule has 44 heavy (non-hydrogen) atoms. The molecule has 3 heterocycles. The zero-order chi connectivity index (χ0) is 31.2. The average Bonchev–Trinajstić information content (AvgIpc) is 3.37. The van der Waals surface area contributed by atoms with Crippen molar-refractivity contribution in [1.29, 1.82) is 0 Å². The number of aromatic nitrogens is 1. The fourth-order valence-electron chi connectivity index (χ4n) is 7.43. The maximum Gasteiger partial charge on any atom is 0.250 e. The van der Waals surface area contributed by atoms with Crippen molar-refractivity contribution in [2.75, 3.05) is 44.4 Å². The molecule has 0 bridgehead atoms. The van der Waals surface area contributed by atoms with Gasteiger partial charge in [0, 0.05) is 61.6 Å². The van der Waals surface area contributed by atoms with Gasteiger partial charge in [0.15, 0.2) is 0 Å². The van der Waals surface area contributed by atoms with E-state index in [1.165, 1.54) is 10.9 Å². The van der Waals surface area contributed by atoms with Crippen LogP contribution in [0, 0.1) is 18.3 Å². The van der Waals surface area contributed by atoms with Crippen molar-refractivity contribution in [2.45, 2.75) is 58.0 Å². The lowest BCUT2D eigenvalue weighted by Crippen LogP contribution is -2.62. The normalized spacial score (nSPS) is 20.8. The number of para-hydroxylation sites is 1. The molecule has 1 saturated carbocycles. The molecule has 1 aliphatic heterocycles. The Labute approximate surface area is 260 Å². The number of benzene rings is 2. The molecule has 4 aromatic rings. The number of aryl methyl sites for hydroxylation is 1. The average molecular weight is 596 g/mol. The van der Waals surface area contributed by atoms with Crippen LogP contribution in [-0.2, 0) is 16.1 Å². The number of amides is 2. The number of furan rings is 1. The van der Waals surface area contributed by atoms with Crippen LogP contribution >= 0.6 is 0 Å². The van der Waals surface area contributed by atoms with Crippen molar-refractivity contribution in [3.8, 4) is 0 Å².